The quantitative estimate of drug-likeness (QED) is 0.689. The van der Waals surface area contributed by atoms with E-state index in [-0.39, 0.29) is 17.9 Å². The van der Waals surface area contributed by atoms with Crippen molar-refractivity contribution in [3.63, 3.8) is 0 Å². The first-order valence-electron chi connectivity index (χ1n) is 9.71. The van der Waals surface area contributed by atoms with Crippen LogP contribution in [-0.4, -0.2) is 59.6 Å². The number of hydrogen-bond acceptors (Lipinski definition) is 4. The molecule has 0 bridgehead atoms. The second-order valence-corrected chi connectivity index (χ2v) is 7.06. The second kappa shape index (κ2) is 7.69. The Balaban J connectivity index is 1.69. The van der Waals surface area contributed by atoms with Gasteiger partial charge in [-0.15, -0.1) is 0 Å². The third-order valence-electron chi connectivity index (χ3n) is 5.57. The van der Waals surface area contributed by atoms with Crippen molar-refractivity contribution in [2.45, 2.75) is 76.3 Å². The van der Waals surface area contributed by atoms with Crippen LogP contribution in [0.25, 0.3) is 0 Å². The molecule has 0 spiro atoms. The van der Waals surface area contributed by atoms with Crippen molar-refractivity contribution in [2.75, 3.05) is 26.2 Å². The lowest BCUT2D eigenvalue weighted by molar-refractivity contribution is -0.125. The van der Waals surface area contributed by atoms with Crippen LogP contribution in [0.5, 0.6) is 0 Å². The Bertz CT molecular complexity index is 443. The zero-order valence-electron chi connectivity index (χ0n) is 14.6. The van der Waals surface area contributed by atoms with Crippen LogP contribution >= 0.6 is 0 Å². The number of hydrogen-bond donors (Lipinski definition) is 0. The molecule has 3 heterocycles. The molecule has 4 nitrogen and oxygen atoms in total. The van der Waals surface area contributed by atoms with E-state index in [4.69, 9.17) is 1.37 Å². The largest absolute Gasteiger partial charge is 0.298 e. The smallest absolute Gasteiger partial charge is 0.149 e. The number of rotatable bonds is 0. The molecular formula is C18H30N2O2. The number of carbonyl (C=O) groups is 2. The molecule has 3 fully saturated rings. The van der Waals surface area contributed by atoms with Gasteiger partial charge in [0.05, 0.1) is 12.1 Å². The zero-order chi connectivity index (χ0) is 16.2. The van der Waals surface area contributed by atoms with Crippen LogP contribution in [0.4, 0.5) is 0 Å². The van der Waals surface area contributed by atoms with E-state index in [1.807, 2.05) is 0 Å². The van der Waals surface area contributed by atoms with Gasteiger partial charge in [-0.05, 0) is 51.6 Å². The minimum absolute atomic E-state index is 0.0443. The molecule has 124 valence electrons. The molecular weight excluding hydrogens is 276 g/mol. The molecule has 0 aromatic carbocycles. The monoisotopic (exact) mass is 307 g/mol. The van der Waals surface area contributed by atoms with E-state index in [1.165, 1.54) is 0 Å². The second-order valence-electron chi connectivity index (χ2n) is 7.06. The summed E-state index contributed by atoms with van der Waals surface area (Å²) in [5.74, 6) is 0.546. The predicted molar refractivity (Wildman–Crippen MR) is 86.9 cm³/mol. The van der Waals surface area contributed by atoms with Gasteiger partial charge in [0.25, 0.3) is 0 Å². The van der Waals surface area contributed by atoms with Crippen LogP contribution in [0.2, 0.25) is 0 Å². The highest BCUT2D eigenvalue weighted by Crippen LogP contribution is 2.24. The van der Waals surface area contributed by atoms with Gasteiger partial charge in [0.1, 0.15) is 11.6 Å². The molecule has 3 aliphatic rings. The summed E-state index contributed by atoms with van der Waals surface area (Å²) < 4.78 is 8.16. The number of ketones is 2. The lowest BCUT2D eigenvalue weighted by atomic mass is 10.00. The van der Waals surface area contributed by atoms with Gasteiger partial charge in [-0.2, -0.15) is 0 Å². The van der Waals surface area contributed by atoms with Crippen molar-refractivity contribution < 1.29 is 11.0 Å². The summed E-state index contributed by atoms with van der Waals surface area (Å²) in [6.45, 7) is 3.75. The van der Waals surface area contributed by atoms with Crippen molar-refractivity contribution in [1.82, 2.24) is 9.80 Å². The van der Waals surface area contributed by atoms with Gasteiger partial charge in [0, 0.05) is 27.3 Å². The molecule has 0 amide bonds. The average molecular weight is 307 g/mol. The molecule has 3 rings (SSSR count). The van der Waals surface area contributed by atoms with E-state index in [1.54, 1.807) is 0 Å². The first-order chi connectivity index (χ1) is 11.2. The number of fused-ring (bicyclic) bond motifs is 2. The average Bonchev–Trinajstić information content (AvgIpc) is 3.19. The predicted octanol–water partition coefficient (Wildman–Crippen LogP) is 2.41. The van der Waals surface area contributed by atoms with Gasteiger partial charge < -0.3 is 0 Å². The molecule has 22 heavy (non-hydrogen) atoms. The summed E-state index contributed by atoms with van der Waals surface area (Å²) in [7, 11) is 0. The summed E-state index contributed by atoms with van der Waals surface area (Å²) in [4.78, 5) is 29.7. The minimum atomic E-state index is -0.571. The minimum Gasteiger partial charge on any atom is -0.298 e. The maximum atomic E-state index is 12.6. The van der Waals surface area contributed by atoms with E-state index in [9.17, 15) is 9.59 Å². The van der Waals surface area contributed by atoms with E-state index in [0.29, 0.717) is 18.6 Å². The van der Waals surface area contributed by atoms with Gasteiger partial charge >= 0.3 is 0 Å². The molecule has 3 atom stereocenters. The SMILES string of the molecule is [2H]C1CCCCCC(=O)[C@@H]2CCCN2CCN2CCC[C@H]2C1=O. The van der Waals surface area contributed by atoms with Crippen LogP contribution in [0, 0.1) is 0 Å². The Morgan fingerprint density at radius 2 is 1.32 bits per heavy atom. The molecule has 0 radical (unpaired) electrons. The molecule has 4 heteroatoms. The fraction of sp³-hybridized carbons (Fsp3) is 0.889. The Morgan fingerprint density at radius 3 is 2.00 bits per heavy atom. The molecule has 0 saturated carbocycles. The topological polar surface area (TPSA) is 40.6 Å². The highest BCUT2D eigenvalue weighted by atomic mass is 16.1. The van der Waals surface area contributed by atoms with Gasteiger partial charge in [-0.25, -0.2) is 0 Å². The maximum absolute atomic E-state index is 12.6. The van der Waals surface area contributed by atoms with Gasteiger partial charge in [-0.1, -0.05) is 12.8 Å². The normalized spacial score (nSPS) is 37.5. The van der Waals surface area contributed by atoms with Crippen molar-refractivity contribution in [1.29, 1.82) is 0 Å². The van der Waals surface area contributed by atoms with Crippen LogP contribution in [-0.2, 0) is 9.59 Å². The van der Waals surface area contributed by atoms with Crippen molar-refractivity contribution in [3.8, 4) is 0 Å². The third kappa shape index (κ3) is 3.77. The molecule has 0 N–H and O–H groups in total. The Morgan fingerprint density at radius 1 is 0.727 bits per heavy atom. The van der Waals surface area contributed by atoms with Crippen molar-refractivity contribution in [3.05, 3.63) is 0 Å². The fourth-order valence-electron chi connectivity index (χ4n) is 4.30. The maximum Gasteiger partial charge on any atom is 0.149 e. The lowest BCUT2D eigenvalue weighted by Gasteiger charge is -2.29. The summed E-state index contributed by atoms with van der Waals surface area (Å²) >= 11 is 0. The number of Topliss-reactive ketones (excluding diaryl/α,β-unsaturated/α-hetero) is 2. The zero-order valence-corrected chi connectivity index (χ0v) is 13.6. The van der Waals surface area contributed by atoms with E-state index in [2.05, 4.69) is 9.80 Å². The van der Waals surface area contributed by atoms with Crippen LogP contribution in [0.3, 0.4) is 0 Å². The van der Waals surface area contributed by atoms with Crippen molar-refractivity contribution in [2.24, 2.45) is 0 Å². The van der Waals surface area contributed by atoms with Gasteiger partial charge in [0.15, 0.2) is 0 Å². The van der Waals surface area contributed by atoms with Gasteiger partial charge in [0.2, 0.25) is 0 Å². The number of carbonyl (C=O) groups excluding carboxylic acids is 2. The Labute approximate surface area is 135 Å². The molecule has 0 aliphatic carbocycles. The summed E-state index contributed by atoms with van der Waals surface area (Å²) in [6, 6.07) is 0.0795. The highest BCUT2D eigenvalue weighted by molar-refractivity contribution is 5.84. The summed E-state index contributed by atoms with van der Waals surface area (Å²) in [5, 5.41) is 0. The first kappa shape index (κ1) is 14.8. The summed E-state index contributed by atoms with van der Waals surface area (Å²) in [6.07, 6.45) is 7.64. The van der Waals surface area contributed by atoms with E-state index in [0.717, 1.165) is 71.1 Å². The first-order valence-corrected chi connectivity index (χ1v) is 9.13. The molecule has 3 saturated heterocycles. The van der Waals surface area contributed by atoms with Crippen LogP contribution in [0.1, 0.15) is 65.6 Å². The molecule has 0 aromatic rings. The molecule has 0 aromatic heterocycles. The fourth-order valence-corrected chi connectivity index (χ4v) is 4.30. The van der Waals surface area contributed by atoms with Crippen molar-refractivity contribution >= 4 is 11.6 Å². The lowest BCUT2D eigenvalue weighted by Crippen LogP contribution is -2.44. The van der Waals surface area contributed by atoms with Crippen LogP contribution < -0.4 is 0 Å². The summed E-state index contributed by atoms with van der Waals surface area (Å²) in [5.41, 5.74) is 0. The molecule has 1 unspecified atom stereocenters. The standard InChI is InChI=1S/C18H30N2O2/c21-17-9-3-1-2-4-10-18(22)16-8-6-12-20(16)14-13-19-11-5-7-15(17)19/h15-16H,1-14H2/t15-,16-/m0/s1/i9D/t9?,15-,16-. The van der Waals surface area contributed by atoms with Gasteiger partial charge in [-0.3, -0.25) is 19.4 Å². The van der Waals surface area contributed by atoms with E-state index >= 15 is 0 Å². The Hall–Kier alpha value is -0.740. The highest BCUT2D eigenvalue weighted by Gasteiger charge is 2.33. The van der Waals surface area contributed by atoms with Crippen LogP contribution in [0.15, 0.2) is 0 Å². The third-order valence-corrected chi connectivity index (χ3v) is 5.57. The molecule has 3 aliphatic heterocycles. The number of nitrogens with zero attached hydrogens (tertiary/aromatic N) is 2. The Kier molecular flexibility index (Phi) is 5.18. The van der Waals surface area contributed by atoms with E-state index < -0.39 is 6.40 Å².